The van der Waals surface area contributed by atoms with Gasteiger partial charge in [-0.15, -0.1) is 6.42 Å². The molecule has 1 rings (SSSR count). The van der Waals surface area contributed by atoms with Crippen molar-refractivity contribution < 1.29 is 8.42 Å². The van der Waals surface area contributed by atoms with Gasteiger partial charge in [0.1, 0.15) is 0 Å². The number of hydrogen-bond donors (Lipinski definition) is 0. The Morgan fingerprint density at radius 2 is 2.10 bits per heavy atom. The quantitative estimate of drug-likeness (QED) is 0.475. The number of sulfone groups is 1. The van der Waals surface area contributed by atoms with Crippen LogP contribution in [0.3, 0.4) is 0 Å². The van der Waals surface area contributed by atoms with E-state index in [-0.39, 0.29) is 11.5 Å². The third-order valence-corrected chi connectivity index (χ3v) is 3.09. The first kappa shape index (κ1) is 7.36. The molecule has 2 nitrogen and oxygen atoms in total. The van der Waals surface area contributed by atoms with Gasteiger partial charge in [0, 0.05) is 5.57 Å². The maximum atomic E-state index is 10.9. The Morgan fingerprint density at radius 3 is 2.30 bits per heavy atom. The summed E-state index contributed by atoms with van der Waals surface area (Å²) in [6.45, 7) is 1.76. The zero-order chi connectivity index (χ0) is 7.78. The Balaban J connectivity index is 3.02. The molecule has 54 valence electrons. The molecule has 0 aromatic rings. The predicted molar refractivity (Wildman–Crippen MR) is 40.2 cm³/mol. The summed E-state index contributed by atoms with van der Waals surface area (Å²) in [6.07, 6.45) is 5.07. The Labute approximate surface area is 60.9 Å². The molecule has 1 aliphatic rings. The summed E-state index contributed by atoms with van der Waals surface area (Å²) in [7, 11) is -2.87. The van der Waals surface area contributed by atoms with Gasteiger partial charge in [0.25, 0.3) is 0 Å². The molecular formula is C7H8O2S. The van der Waals surface area contributed by atoms with Crippen molar-refractivity contribution in [2.45, 2.75) is 6.92 Å². The molecule has 0 saturated heterocycles. The molecule has 0 saturated carbocycles. The van der Waals surface area contributed by atoms with Crippen molar-refractivity contribution in [2.24, 2.45) is 0 Å². The van der Waals surface area contributed by atoms with E-state index in [9.17, 15) is 8.42 Å². The van der Waals surface area contributed by atoms with Gasteiger partial charge in [-0.3, -0.25) is 0 Å². The SMILES string of the molecule is C#CC1=C(C)CS(=O)(=O)C1. The van der Waals surface area contributed by atoms with Crippen LogP contribution in [0.1, 0.15) is 6.92 Å². The molecule has 3 heteroatoms. The molecule has 0 spiro atoms. The van der Waals surface area contributed by atoms with Gasteiger partial charge in [-0.1, -0.05) is 5.92 Å². The lowest BCUT2D eigenvalue weighted by molar-refractivity contribution is 0.603. The molecule has 1 aliphatic heterocycles. The molecule has 0 aliphatic carbocycles. The van der Waals surface area contributed by atoms with Crippen LogP contribution in [-0.2, 0) is 9.84 Å². The lowest BCUT2D eigenvalue weighted by Crippen LogP contribution is -2.02. The van der Waals surface area contributed by atoms with E-state index >= 15 is 0 Å². The predicted octanol–water partition coefficient (Wildman–Crippen LogP) is 0.365. The second kappa shape index (κ2) is 2.14. The van der Waals surface area contributed by atoms with Crippen LogP contribution < -0.4 is 0 Å². The van der Waals surface area contributed by atoms with Crippen molar-refractivity contribution >= 4 is 9.84 Å². The molecule has 0 aromatic carbocycles. The first-order valence-electron chi connectivity index (χ1n) is 2.91. The molecule has 0 unspecified atom stereocenters. The van der Waals surface area contributed by atoms with E-state index in [1.165, 1.54) is 0 Å². The molecule has 0 N–H and O–H groups in total. The molecule has 10 heavy (non-hydrogen) atoms. The molecule has 0 fully saturated rings. The molecule has 0 aromatic heterocycles. The minimum Gasteiger partial charge on any atom is -0.228 e. The Kier molecular flexibility index (Phi) is 1.57. The summed E-state index contributed by atoms with van der Waals surface area (Å²) in [5.41, 5.74) is 1.46. The summed E-state index contributed by atoms with van der Waals surface area (Å²) >= 11 is 0. The highest BCUT2D eigenvalue weighted by molar-refractivity contribution is 7.92. The average Bonchev–Trinajstić information content (AvgIpc) is 2.05. The van der Waals surface area contributed by atoms with Crippen LogP contribution in [0.4, 0.5) is 0 Å². The van der Waals surface area contributed by atoms with Crippen LogP contribution in [0.2, 0.25) is 0 Å². The van der Waals surface area contributed by atoms with Gasteiger partial charge in [0.2, 0.25) is 0 Å². The van der Waals surface area contributed by atoms with Crippen molar-refractivity contribution in [3.05, 3.63) is 11.1 Å². The Morgan fingerprint density at radius 1 is 1.50 bits per heavy atom. The van der Waals surface area contributed by atoms with Gasteiger partial charge < -0.3 is 0 Å². The fraction of sp³-hybridized carbons (Fsp3) is 0.429. The smallest absolute Gasteiger partial charge is 0.158 e. The highest BCUT2D eigenvalue weighted by atomic mass is 32.2. The van der Waals surface area contributed by atoms with Crippen LogP contribution in [0.25, 0.3) is 0 Å². The van der Waals surface area contributed by atoms with Crippen LogP contribution in [0.5, 0.6) is 0 Å². The van der Waals surface area contributed by atoms with Crippen molar-refractivity contribution in [1.29, 1.82) is 0 Å². The topological polar surface area (TPSA) is 34.1 Å². The fourth-order valence-electron chi connectivity index (χ4n) is 0.976. The molecule has 1 heterocycles. The van der Waals surface area contributed by atoms with E-state index in [2.05, 4.69) is 5.92 Å². The van der Waals surface area contributed by atoms with Gasteiger partial charge >= 0.3 is 0 Å². The minimum absolute atomic E-state index is 0.0648. The zero-order valence-corrected chi connectivity index (χ0v) is 6.53. The Hall–Kier alpha value is -0.750. The van der Waals surface area contributed by atoms with E-state index in [0.29, 0.717) is 5.57 Å². The summed E-state index contributed by atoms with van der Waals surface area (Å²) < 4.78 is 21.7. The van der Waals surface area contributed by atoms with Crippen LogP contribution >= 0.6 is 0 Å². The summed E-state index contributed by atoms with van der Waals surface area (Å²) in [4.78, 5) is 0. The van der Waals surface area contributed by atoms with Crippen LogP contribution in [0, 0.1) is 12.3 Å². The van der Waals surface area contributed by atoms with Gasteiger partial charge in [-0.2, -0.15) is 0 Å². The van der Waals surface area contributed by atoms with E-state index < -0.39 is 9.84 Å². The van der Waals surface area contributed by atoms with Gasteiger partial charge in [-0.25, -0.2) is 8.42 Å². The van der Waals surface area contributed by atoms with Crippen molar-refractivity contribution in [3.8, 4) is 12.3 Å². The largest absolute Gasteiger partial charge is 0.228 e. The van der Waals surface area contributed by atoms with Gasteiger partial charge in [-0.05, 0) is 12.5 Å². The summed E-state index contributed by atoms with van der Waals surface area (Å²) in [6, 6.07) is 0. The Bertz CT molecular complexity index is 314. The lowest BCUT2D eigenvalue weighted by atomic mass is 10.2. The lowest BCUT2D eigenvalue weighted by Gasteiger charge is -1.86. The van der Waals surface area contributed by atoms with Crippen molar-refractivity contribution in [3.63, 3.8) is 0 Å². The molecular weight excluding hydrogens is 148 g/mol. The van der Waals surface area contributed by atoms with Crippen molar-refractivity contribution in [1.82, 2.24) is 0 Å². The third-order valence-electron chi connectivity index (χ3n) is 1.49. The highest BCUT2D eigenvalue weighted by Gasteiger charge is 2.22. The second-order valence-electron chi connectivity index (χ2n) is 2.44. The fourth-order valence-corrected chi connectivity index (χ4v) is 2.68. The number of terminal acetylenes is 1. The standard InChI is InChI=1S/C7H8O2S/c1-3-7-5-10(8,9)4-6(7)2/h1H,4-5H2,2H3. The monoisotopic (exact) mass is 156 g/mol. The molecule has 0 bridgehead atoms. The van der Waals surface area contributed by atoms with E-state index in [0.717, 1.165) is 5.57 Å². The zero-order valence-electron chi connectivity index (χ0n) is 5.72. The average molecular weight is 156 g/mol. The van der Waals surface area contributed by atoms with Gasteiger partial charge in [0.15, 0.2) is 9.84 Å². The molecule has 0 radical (unpaired) electrons. The van der Waals surface area contributed by atoms with Crippen LogP contribution in [-0.4, -0.2) is 19.9 Å². The third kappa shape index (κ3) is 1.22. The van der Waals surface area contributed by atoms with Gasteiger partial charge in [0.05, 0.1) is 11.5 Å². The number of rotatable bonds is 0. The minimum atomic E-state index is -2.87. The first-order chi connectivity index (χ1) is 4.55. The maximum absolute atomic E-state index is 10.9. The molecule has 0 atom stereocenters. The van der Waals surface area contributed by atoms with E-state index in [4.69, 9.17) is 6.42 Å². The summed E-state index contributed by atoms with van der Waals surface area (Å²) in [5.74, 6) is 2.58. The normalized spacial score (nSPS) is 22.8. The number of hydrogen-bond acceptors (Lipinski definition) is 2. The second-order valence-corrected chi connectivity index (χ2v) is 4.50. The first-order valence-corrected chi connectivity index (χ1v) is 4.73. The highest BCUT2D eigenvalue weighted by Crippen LogP contribution is 2.17. The maximum Gasteiger partial charge on any atom is 0.158 e. The van der Waals surface area contributed by atoms with Crippen molar-refractivity contribution in [2.75, 3.05) is 11.5 Å². The van der Waals surface area contributed by atoms with E-state index in [1.54, 1.807) is 6.92 Å². The summed E-state index contributed by atoms with van der Waals surface area (Å²) in [5, 5.41) is 0. The molecule has 0 amide bonds. The van der Waals surface area contributed by atoms with E-state index in [1.807, 2.05) is 0 Å². The van der Waals surface area contributed by atoms with Crippen LogP contribution in [0.15, 0.2) is 11.1 Å².